The van der Waals surface area contributed by atoms with Gasteiger partial charge in [-0.2, -0.15) is 8.42 Å². The lowest BCUT2D eigenvalue weighted by Gasteiger charge is -2.59. The Balaban J connectivity index is 1.62. The molecule has 2 saturated carbocycles. The van der Waals surface area contributed by atoms with Crippen molar-refractivity contribution in [3.05, 3.63) is 47.0 Å². The van der Waals surface area contributed by atoms with E-state index in [4.69, 9.17) is 23.1 Å². The van der Waals surface area contributed by atoms with Crippen LogP contribution in [0.3, 0.4) is 0 Å². The number of esters is 1. The Hall–Kier alpha value is -2.44. The highest BCUT2D eigenvalue weighted by atomic mass is 32.2. The molecular formula is C30H36O10S. The second-order valence-electron chi connectivity index (χ2n) is 12.9. The summed E-state index contributed by atoms with van der Waals surface area (Å²) in [6.45, 7) is 8.63. The molecule has 0 aromatic heterocycles. The average molecular weight is 589 g/mol. The van der Waals surface area contributed by atoms with Gasteiger partial charge in [0, 0.05) is 35.7 Å². The molecule has 222 valence electrons. The minimum absolute atomic E-state index is 0.0371. The average Bonchev–Trinajstić information content (AvgIpc) is 3.57. The number of rotatable bonds is 4. The van der Waals surface area contributed by atoms with Crippen molar-refractivity contribution in [2.45, 2.75) is 89.7 Å². The summed E-state index contributed by atoms with van der Waals surface area (Å²) in [6, 6.07) is 9.33. The van der Waals surface area contributed by atoms with Crippen LogP contribution in [0.5, 0.6) is 0 Å². The van der Waals surface area contributed by atoms with Crippen molar-refractivity contribution < 1.29 is 45.9 Å². The summed E-state index contributed by atoms with van der Waals surface area (Å²) in [5, 5.41) is 0. The van der Waals surface area contributed by atoms with E-state index in [1.807, 2.05) is 44.2 Å². The molecule has 2 bridgehead atoms. The van der Waals surface area contributed by atoms with Crippen molar-refractivity contribution in [3.8, 4) is 0 Å². The van der Waals surface area contributed by atoms with Crippen LogP contribution in [0.1, 0.15) is 65.7 Å². The van der Waals surface area contributed by atoms with Gasteiger partial charge in [0.25, 0.3) is 10.1 Å². The molecule has 11 heteroatoms. The molecule has 0 N–H and O–H groups in total. The van der Waals surface area contributed by atoms with E-state index < -0.39 is 68.6 Å². The molecule has 5 aliphatic rings. The van der Waals surface area contributed by atoms with Crippen LogP contribution in [0.4, 0.5) is 0 Å². The first-order valence-corrected chi connectivity index (χ1v) is 15.8. The zero-order valence-electron chi connectivity index (χ0n) is 24.1. The van der Waals surface area contributed by atoms with Crippen molar-refractivity contribution in [2.75, 3.05) is 12.9 Å². The van der Waals surface area contributed by atoms with Gasteiger partial charge in [-0.05, 0) is 30.9 Å². The monoisotopic (exact) mass is 588 g/mol. The molecule has 4 fully saturated rings. The number of fused-ring (bicyclic) bond motifs is 4. The predicted octanol–water partition coefficient (Wildman–Crippen LogP) is 3.20. The van der Waals surface area contributed by atoms with Gasteiger partial charge in [-0.1, -0.05) is 51.1 Å². The van der Waals surface area contributed by atoms with Crippen molar-refractivity contribution >= 4 is 27.7 Å². The number of benzene rings is 1. The van der Waals surface area contributed by atoms with Crippen LogP contribution in [0.15, 0.2) is 41.5 Å². The van der Waals surface area contributed by atoms with Gasteiger partial charge >= 0.3 is 5.97 Å². The minimum Gasteiger partial charge on any atom is -0.450 e. The van der Waals surface area contributed by atoms with Gasteiger partial charge in [0.2, 0.25) is 0 Å². The molecule has 8 atom stereocenters. The van der Waals surface area contributed by atoms with Crippen LogP contribution in [-0.4, -0.2) is 68.3 Å². The lowest BCUT2D eigenvalue weighted by atomic mass is 9.47. The second-order valence-corrected chi connectivity index (χ2v) is 14.5. The summed E-state index contributed by atoms with van der Waals surface area (Å²) in [6.07, 6.45) is -2.54. The topological polar surface area (TPSA) is 135 Å². The first-order chi connectivity index (χ1) is 19.1. The van der Waals surface area contributed by atoms with Gasteiger partial charge in [0.05, 0.1) is 19.0 Å². The molecule has 1 aromatic rings. The fourth-order valence-corrected chi connectivity index (χ4v) is 8.86. The third kappa shape index (κ3) is 4.03. The molecule has 41 heavy (non-hydrogen) atoms. The Morgan fingerprint density at radius 2 is 1.76 bits per heavy atom. The predicted molar refractivity (Wildman–Crippen MR) is 144 cm³/mol. The molecule has 2 saturated heterocycles. The fraction of sp³-hybridized carbons (Fsp3) is 0.633. The lowest BCUT2D eigenvalue weighted by Crippen LogP contribution is -2.71. The normalized spacial score (nSPS) is 41.4. The third-order valence-electron chi connectivity index (χ3n) is 10.2. The lowest BCUT2D eigenvalue weighted by molar-refractivity contribution is -0.187. The number of Topliss-reactive ketones (excluding diaryl/α,β-unsaturated/α-hetero) is 2. The van der Waals surface area contributed by atoms with Crippen LogP contribution in [-0.2, 0) is 47.6 Å². The molecule has 0 unspecified atom stereocenters. The number of carbonyl (C=O) groups is 3. The SMILES string of the molecule is CC(=O)O[C@H]1C(=O)[C@]2(C)CC[C@H](OS(C)(=O)=O)[C@@]3(CO3)[C@H]2[C@@H]2O[C@H](c3ccccc3)O[C@]23CC(=O)C(C)=C1C3(C)C. The standard InChI is InChI=1S/C30H36O10S/c1-16-19(32)14-30-25(38-26(39-30)18-10-8-7-9-11-18)23-28(5,13-12-20(29(23)15-36-29)40-41(6,34)35)24(33)22(37-17(2)31)21(16)27(30,3)4/h7-11,20,22-23,25-26H,12-15H2,1-6H3/t20-,22+,23-,25-,26-,28+,29-,30+/m0/s1. The molecule has 0 radical (unpaired) electrons. The zero-order valence-corrected chi connectivity index (χ0v) is 24.9. The van der Waals surface area contributed by atoms with E-state index >= 15 is 0 Å². The van der Waals surface area contributed by atoms with Gasteiger partial charge in [0.15, 0.2) is 24.0 Å². The highest BCUT2D eigenvalue weighted by Gasteiger charge is 2.78. The fourth-order valence-electron chi connectivity index (χ4n) is 8.18. The van der Waals surface area contributed by atoms with E-state index in [0.29, 0.717) is 11.1 Å². The molecule has 2 spiro atoms. The molecule has 1 aromatic carbocycles. The van der Waals surface area contributed by atoms with Gasteiger partial charge in [-0.25, -0.2) is 0 Å². The molecule has 3 aliphatic carbocycles. The highest BCUT2D eigenvalue weighted by Crippen LogP contribution is 2.68. The molecule has 2 aliphatic heterocycles. The van der Waals surface area contributed by atoms with Crippen LogP contribution >= 0.6 is 0 Å². The first kappa shape index (κ1) is 28.7. The maximum Gasteiger partial charge on any atom is 0.303 e. The van der Waals surface area contributed by atoms with Crippen molar-refractivity contribution in [1.29, 1.82) is 0 Å². The zero-order chi connectivity index (χ0) is 29.8. The van der Waals surface area contributed by atoms with Gasteiger partial charge < -0.3 is 18.9 Å². The van der Waals surface area contributed by atoms with E-state index in [9.17, 15) is 22.8 Å². The van der Waals surface area contributed by atoms with Gasteiger partial charge in [-0.3, -0.25) is 18.6 Å². The maximum absolute atomic E-state index is 14.7. The van der Waals surface area contributed by atoms with Crippen LogP contribution < -0.4 is 0 Å². The van der Waals surface area contributed by atoms with Gasteiger partial charge in [0.1, 0.15) is 17.3 Å². The molecule has 6 rings (SSSR count). The summed E-state index contributed by atoms with van der Waals surface area (Å²) in [4.78, 5) is 41.0. The molecule has 0 amide bonds. The van der Waals surface area contributed by atoms with Crippen LogP contribution in [0.25, 0.3) is 0 Å². The first-order valence-electron chi connectivity index (χ1n) is 13.9. The Morgan fingerprint density at radius 3 is 2.34 bits per heavy atom. The number of hydrogen-bond acceptors (Lipinski definition) is 10. The van der Waals surface area contributed by atoms with Crippen molar-refractivity contribution in [3.63, 3.8) is 0 Å². The van der Waals surface area contributed by atoms with Crippen LogP contribution in [0, 0.1) is 16.7 Å². The number of allylic oxidation sites excluding steroid dienone is 1. The van der Waals surface area contributed by atoms with E-state index in [1.165, 1.54) is 6.92 Å². The summed E-state index contributed by atoms with van der Waals surface area (Å²) >= 11 is 0. The second kappa shape index (κ2) is 9.03. The van der Waals surface area contributed by atoms with E-state index in [2.05, 4.69) is 0 Å². The number of ether oxygens (including phenoxy) is 4. The number of epoxide rings is 1. The Morgan fingerprint density at radius 1 is 1.10 bits per heavy atom. The molecule has 10 nitrogen and oxygen atoms in total. The van der Waals surface area contributed by atoms with E-state index in [1.54, 1.807) is 13.8 Å². The Labute approximate surface area is 239 Å². The maximum atomic E-state index is 14.7. The smallest absolute Gasteiger partial charge is 0.303 e. The molecular weight excluding hydrogens is 552 g/mol. The number of carbonyl (C=O) groups excluding carboxylic acids is 3. The highest BCUT2D eigenvalue weighted by molar-refractivity contribution is 7.86. The third-order valence-corrected chi connectivity index (χ3v) is 10.8. The van der Waals surface area contributed by atoms with Crippen molar-refractivity contribution in [2.24, 2.45) is 16.7 Å². The van der Waals surface area contributed by atoms with E-state index in [-0.39, 0.29) is 37.4 Å². The summed E-state index contributed by atoms with van der Waals surface area (Å²) in [5.74, 6) is -2.04. The van der Waals surface area contributed by atoms with E-state index in [0.717, 1.165) is 11.8 Å². The summed E-state index contributed by atoms with van der Waals surface area (Å²) in [7, 11) is -3.87. The number of hydrogen-bond donors (Lipinski definition) is 0. The van der Waals surface area contributed by atoms with Crippen molar-refractivity contribution in [1.82, 2.24) is 0 Å². The summed E-state index contributed by atoms with van der Waals surface area (Å²) < 4.78 is 55.8. The Kier molecular flexibility index (Phi) is 6.31. The minimum atomic E-state index is -3.87. The van der Waals surface area contributed by atoms with Crippen LogP contribution in [0.2, 0.25) is 0 Å². The Bertz CT molecular complexity index is 1460. The number of ketones is 2. The van der Waals surface area contributed by atoms with Gasteiger partial charge in [-0.15, -0.1) is 0 Å². The largest absolute Gasteiger partial charge is 0.450 e. The summed E-state index contributed by atoms with van der Waals surface area (Å²) in [5.41, 5.74) is -3.17. The quantitative estimate of drug-likeness (QED) is 0.293. The molecule has 2 heterocycles.